The molecular weight excluding hydrogens is 387 g/mol. The van der Waals surface area contributed by atoms with Crippen molar-refractivity contribution in [2.45, 2.75) is 49.4 Å². The molecule has 3 aliphatic rings. The lowest BCUT2D eigenvalue weighted by Gasteiger charge is -2.51. The first-order chi connectivity index (χ1) is 10.4. The van der Waals surface area contributed by atoms with Crippen molar-refractivity contribution in [1.29, 1.82) is 0 Å². The SMILES string of the molecule is C[C@@H]1CC(=O)[C@@]2(C)CC[C@@H]3c4ccc(O)cc4C[C@@H](I)[C@H]3[C@H]12. The van der Waals surface area contributed by atoms with Gasteiger partial charge in [-0.15, -0.1) is 0 Å². The zero-order valence-electron chi connectivity index (χ0n) is 13.2. The van der Waals surface area contributed by atoms with Gasteiger partial charge >= 0.3 is 0 Å². The molecule has 1 aromatic carbocycles. The van der Waals surface area contributed by atoms with Crippen LogP contribution in [0.3, 0.4) is 0 Å². The number of carbonyl (C=O) groups is 1. The van der Waals surface area contributed by atoms with Crippen LogP contribution in [0.4, 0.5) is 0 Å². The molecule has 0 radical (unpaired) electrons. The highest BCUT2D eigenvalue weighted by Gasteiger charge is 2.59. The van der Waals surface area contributed by atoms with E-state index in [9.17, 15) is 9.90 Å². The molecule has 0 spiro atoms. The Morgan fingerprint density at radius 2 is 2.09 bits per heavy atom. The Bertz CT molecular complexity index is 640. The Labute approximate surface area is 145 Å². The molecule has 4 rings (SSSR count). The van der Waals surface area contributed by atoms with E-state index in [1.807, 2.05) is 12.1 Å². The van der Waals surface area contributed by atoms with Crippen molar-refractivity contribution in [2.75, 3.05) is 0 Å². The molecule has 0 unspecified atom stereocenters. The van der Waals surface area contributed by atoms with Crippen LogP contribution in [0.5, 0.6) is 5.75 Å². The molecule has 0 amide bonds. The number of Topliss-reactive ketones (excluding diaryl/α,β-unsaturated/α-hetero) is 1. The predicted octanol–water partition coefficient (Wildman–Crippen LogP) is 4.48. The molecule has 22 heavy (non-hydrogen) atoms. The maximum Gasteiger partial charge on any atom is 0.139 e. The van der Waals surface area contributed by atoms with Crippen molar-refractivity contribution >= 4 is 28.4 Å². The topological polar surface area (TPSA) is 37.3 Å². The number of alkyl halides is 1. The van der Waals surface area contributed by atoms with E-state index in [-0.39, 0.29) is 5.41 Å². The van der Waals surface area contributed by atoms with Gasteiger partial charge in [0.05, 0.1) is 0 Å². The summed E-state index contributed by atoms with van der Waals surface area (Å²) in [6, 6.07) is 5.92. The van der Waals surface area contributed by atoms with Gasteiger partial charge < -0.3 is 5.11 Å². The highest BCUT2D eigenvalue weighted by Crippen LogP contribution is 2.62. The van der Waals surface area contributed by atoms with Crippen LogP contribution in [0.15, 0.2) is 18.2 Å². The number of phenolic OH excluding ortho intramolecular Hbond substituents is 1. The first-order valence-electron chi connectivity index (χ1n) is 8.41. The van der Waals surface area contributed by atoms with Crippen LogP contribution in [-0.2, 0) is 11.2 Å². The average Bonchev–Trinajstić information content (AvgIpc) is 2.69. The number of hydrogen-bond donors (Lipinski definition) is 1. The summed E-state index contributed by atoms with van der Waals surface area (Å²) >= 11 is 2.61. The van der Waals surface area contributed by atoms with Gasteiger partial charge in [0.2, 0.25) is 0 Å². The van der Waals surface area contributed by atoms with Gasteiger partial charge in [-0.3, -0.25) is 4.79 Å². The lowest BCUT2D eigenvalue weighted by Crippen LogP contribution is -2.47. The van der Waals surface area contributed by atoms with E-state index in [0.29, 0.717) is 39.1 Å². The van der Waals surface area contributed by atoms with Crippen LogP contribution in [0.2, 0.25) is 0 Å². The Hall–Kier alpha value is -0.580. The lowest BCUT2D eigenvalue weighted by atomic mass is 9.54. The fourth-order valence-electron chi connectivity index (χ4n) is 5.79. The van der Waals surface area contributed by atoms with Gasteiger partial charge in [-0.2, -0.15) is 0 Å². The normalized spacial score (nSPS) is 43.4. The highest BCUT2D eigenvalue weighted by atomic mass is 127. The fraction of sp³-hybridized carbons (Fsp3) is 0.632. The fourth-order valence-corrected chi connectivity index (χ4v) is 7.21. The summed E-state index contributed by atoms with van der Waals surface area (Å²) in [5, 5.41) is 9.79. The minimum atomic E-state index is -0.0849. The van der Waals surface area contributed by atoms with Gasteiger partial charge in [-0.05, 0) is 66.2 Å². The molecular formula is C19H23IO2. The van der Waals surface area contributed by atoms with Crippen LogP contribution in [-0.4, -0.2) is 14.8 Å². The van der Waals surface area contributed by atoms with Crippen LogP contribution in [0, 0.1) is 23.2 Å². The zero-order chi connectivity index (χ0) is 15.6. The van der Waals surface area contributed by atoms with Crippen molar-refractivity contribution in [2.24, 2.45) is 23.2 Å². The van der Waals surface area contributed by atoms with Gasteiger partial charge in [-0.1, -0.05) is 42.5 Å². The van der Waals surface area contributed by atoms with Crippen molar-refractivity contribution in [1.82, 2.24) is 0 Å². The quantitative estimate of drug-likeness (QED) is 0.506. The van der Waals surface area contributed by atoms with Crippen LogP contribution < -0.4 is 0 Å². The number of aromatic hydroxyl groups is 1. The molecule has 0 bridgehead atoms. The summed E-state index contributed by atoms with van der Waals surface area (Å²) in [5.74, 6) is 3.11. The molecule has 3 heteroatoms. The number of ketones is 1. The van der Waals surface area contributed by atoms with Crippen molar-refractivity contribution < 1.29 is 9.90 Å². The Morgan fingerprint density at radius 1 is 1.32 bits per heavy atom. The van der Waals surface area contributed by atoms with Crippen molar-refractivity contribution in [3.8, 4) is 5.75 Å². The third kappa shape index (κ3) is 1.93. The second-order valence-corrected chi connectivity index (χ2v) is 9.47. The van der Waals surface area contributed by atoms with Crippen LogP contribution >= 0.6 is 22.6 Å². The minimum absolute atomic E-state index is 0.0849. The molecule has 0 saturated heterocycles. The average molecular weight is 410 g/mol. The molecule has 0 aromatic heterocycles. The molecule has 2 nitrogen and oxygen atoms in total. The summed E-state index contributed by atoms with van der Waals surface area (Å²) in [4.78, 5) is 12.6. The van der Waals surface area contributed by atoms with Gasteiger partial charge in [-0.25, -0.2) is 0 Å². The van der Waals surface area contributed by atoms with Crippen molar-refractivity contribution in [3.05, 3.63) is 29.3 Å². The number of rotatable bonds is 0. The van der Waals surface area contributed by atoms with Crippen molar-refractivity contribution in [3.63, 3.8) is 0 Å². The van der Waals surface area contributed by atoms with E-state index in [4.69, 9.17) is 0 Å². The van der Waals surface area contributed by atoms with E-state index < -0.39 is 0 Å². The van der Waals surface area contributed by atoms with Gasteiger partial charge in [0, 0.05) is 15.8 Å². The molecule has 6 atom stereocenters. The van der Waals surface area contributed by atoms with E-state index in [1.54, 1.807) is 0 Å². The van der Waals surface area contributed by atoms with E-state index >= 15 is 0 Å². The highest BCUT2D eigenvalue weighted by molar-refractivity contribution is 14.1. The Balaban J connectivity index is 1.80. The first kappa shape index (κ1) is 15.0. The first-order valence-corrected chi connectivity index (χ1v) is 9.65. The van der Waals surface area contributed by atoms with Gasteiger partial charge in [0.25, 0.3) is 0 Å². The summed E-state index contributed by atoms with van der Waals surface area (Å²) in [5.41, 5.74) is 2.67. The number of fused-ring (bicyclic) bond motifs is 5. The maximum absolute atomic E-state index is 12.6. The molecule has 3 aliphatic carbocycles. The van der Waals surface area contributed by atoms with E-state index in [0.717, 1.165) is 25.7 Å². The molecule has 1 aromatic rings. The standard InChI is InChI=1S/C19H23IO2/c1-10-7-16(22)19(2)6-5-14-13-4-3-12(21)8-11(13)9-15(20)17(14)18(10)19/h3-4,8,10,14-15,17-18,21H,5-7,9H2,1-2H3/t10-,14-,15-,17+,18+,19-/m1/s1. The summed E-state index contributed by atoms with van der Waals surface area (Å²) < 4.78 is 0.565. The number of hydrogen-bond acceptors (Lipinski definition) is 2. The van der Waals surface area contributed by atoms with Gasteiger partial charge in [0.1, 0.15) is 11.5 Å². The van der Waals surface area contributed by atoms with Crippen LogP contribution in [0.1, 0.15) is 50.2 Å². The van der Waals surface area contributed by atoms with E-state index in [2.05, 4.69) is 42.5 Å². The second-order valence-electron chi connectivity index (χ2n) is 7.87. The van der Waals surface area contributed by atoms with Gasteiger partial charge in [0.15, 0.2) is 0 Å². The van der Waals surface area contributed by atoms with E-state index in [1.165, 1.54) is 11.1 Å². The largest absolute Gasteiger partial charge is 0.508 e. The number of phenols is 1. The third-order valence-electron chi connectivity index (χ3n) is 6.71. The molecule has 0 heterocycles. The lowest BCUT2D eigenvalue weighted by molar-refractivity contribution is -0.129. The molecule has 0 aliphatic heterocycles. The monoisotopic (exact) mass is 410 g/mol. The molecule has 2 saturated carbocycles. The summed E-state index contributed by atoms with van der Waals surface area (Å²) in [6.45, 7) is 4.52. The summed E-state index contributed by atoms with van der Waals surface area (Å²) in [7, 11) is 0. The predicted molar refractivity (Wildman–Crippen MR) is 95.5 cm³/mol. The number of halogens is 1. The number of benzene rings is 1. The Morgan fingerprint density at radius 3 is 2.86 bits per heavy atom. The third-order valence-corrected chi connectivity index (χ3v) is 7.98. The maximum atomic E-state index is 12.6. The molecule has 1 N–H and O–H groups in total. The second kappa shape index (κ2) is 4.96. The molecule has 2 fully saturated rings. The number of carbonyl (C=O) groups excluding carboxylic acids is 1. The van der Waals surface area contributed by atoms with Crippen LogP contribution in [0.25, 0.3) is 0 Å². The summed E-state index contributed by atoms with van der Waals surface area (Å²) in [6.07, 6.45) is 3.95. The minimum Gasteiger partial charge on any atom is -0.508 e. The smallest absolute Gasteiger partial charge is 0.139 e. The molecule has 118 valence electrons. The zero-order valence-corrected chi connectivity index (χ0v) is 15.3. The Kier molecular flexibility index (Phi) is 3.37.